The van der Waals surface area contributed by atoms with Gasteiger partial charge in [-0.1, -0.05) is 48.5 Å². The second-order valence-electron chi connectivity index (χ2n) is 14.7. The molecule has 0 saturated carbocycles. The van der Waals surface area contributed by atoms with E-state index in [1.165, 1.54) is 7.11 Å². The van der Waals surface area contributed by atoms with Gasteiger partial charge in [0.25, 0.3) is 0 Å². The van der Waals surface area contributed by atoms with Gasteiger partial charge in [0.1, 0.15) is 24.2 Å². The molecule has 14 heteroatoms. The van der Waals surface area contributed by atoms with E-state index in [-0.39, 0.29) is 36.4 Å². The maximum Gasteiger partial charge on any atom is 0.407 e. The molecule has 3 aliphatic rings. The molecule has 0 radical (unpaired) electrons. The molecule has 5 aromatic rings. The van der Waals surface area contributed by atoms with Crippen LogP contribution >= 0.6 is 0 Å². The lowest BCUT2D eigenvalue weighted by Gasteiger charge is -2.33. The number of imidazole rings is 2. The van der Waals surface area contributed by atoms with Gasteiger partial charge in [-0.2, -0.15) is 0 Å². The van der Waals surface area contributed by atoms with Crippen LogP contribution in [0, 0.1) is 5.92 Å². The van der Waals surface area contributed by atoms with E-state index in [9.17, 15) is 19.2 Å². The van der Waals surface area contributed by atoms with Crippen LogP contribution in [0.5, 0.6) is 0 Å². The maximum atomic E-state index is 13.8. The van der Waals surface area contributed by atoms with Crippen molar-refractivity contribution in [3.8, 4) is 33.6 Å². The van der Waals surface area contributed by atoms with Gasteiger partial charge in [0.05, 0.1) is 43.0 Å². The number of aromatic nitrogens is 4. The number of likely N-dealkylation sites (tertiary alicyclic amines) is 2. The number of fused-ring (bicyclic) bond motifs is 1. The number of nitrogens with one attached hydrogen (secondary N) is 4. The summed E-state index contributed by atoms with van der Waals surface area (Å²) < 4.78 is 10.1. The summed E-state index contributed by atoms with van der Waals surface area (Å²) in [6, 6.07) is 20.2. The zero-order valence-corrected chi connectivity index (χ0v) is 31.3. The van der Waals surface area contributed by atoms with Gasteiger partial charge in [-0.25, -0.2) is 14.8 Å². The molecule has 0 aliphatic carbocycles. The molecule has 3 saturated heterocycles. The number of carbonyl (C=O) groups is 4. The highest BCUT2D eigenvalue weighted by molar-refractivity contribution is 5.91. The summed E-state index contributed by atoms with van der Waals surface area (Å²) in [5.41, 5.74) is 5.93. The Balaban J connectivity index is 0.931. The predicted octanol–water partition coefficient (Wildman–Crippen LogP) is 5.51. The molecule has 14 nitrogen and oxygen atoms in total. The van der Waals surface area contributed by atoms with E-state index in [2.05, 4.69) is 91.0 Å². The molecule has 0 bridgehead atoms. The predicted molar refractivity (Wildman–Crippen MR) is 209 cm³/mol. The lowest BCUT2D eigenvalue weighted by atomic mass is 9.90. The Labute approximate surface area is 324 Å². The Hall–Kier alpha value is -6.02. The summed E-state index contributed by atoms with van der Waals surface area (Å²) in [6.45, 7) is 2.32. The van der Waals surface area contributed by atoms with Crippen molar-refractivity contribution in [1.82, 2.24) is 40.4 Å². The molecule has 3 aliphatic heterocycles. The van der Waals surface area contributed by atoms with Crippen LogP contribution in [-0.4, -0.2) is 100 Å². The first-order valence-electron chi connectivity index (χ1n) is 19.3. The molecule has 3 fully saturated rings. The van der Waals surface area contributed by atoms with E-state index in [1.807, 2.05) is 11.1 Å². The van der Waals surface area contributed by atoms with Crippen molar-refractivity contribution in [1.29, 1.82) is 0 Å². The van der Waals surface area contributed by atoms with Gasteiger partial charge in [0.15, 0.2) is 0 Å². The molecule has 8 rings (SSSR count). The van der Waals surface area contributed by atoms with Crippen LogP contribution in [0.25, 0.3) is 44.4 Å². The average Bonchev–Trinajstić information content (AvgIpc) is 4.09. The van der Waals surface area contributed by atoms with Crippen LogP contribution in [0.15, 0.2) is 73.1 Å². The zero-order valence-electron chi connectivity index (χ0n) is 31.3. The van der Waals surface area contributed by atoms with Crippen molar-refractivity contribution in [2.24, 2.45) is 5.92 Å². The van der Waals surface area contributed by atoms with Gasteiger partial charge in [0.2, 0.25) is 18.2 Å². The highest BCUT2D eigenvalue weighted by atomic mass is 16.5. The molecule has 4 amide bonds. The number of methoxy groups -OCH3 is 1. The summed E-state index contributed by atoms with van der Waals surface area (Å²) in [5.74, 6) is 1.32. The smallest absolute Gasteiger partial charge is 0.407 e. The Morgan fingerprint density at radius 3 is 2.04 bits per heavy atom. The number of alkyl carbamates (subject to hydrolysis) is 1. The summed E-state index contributed by atoms with van der Waals surface area (Å²) in [4.78, 5) is 69.4. The van der Waals surface area contributed by atoms with Gasteiger partial charge in [-0.3, -0.25) is 14.4 Å². The number of amides is 4. The number of hydrogen-bond donors (Lipinski definition) is 4. The zero-order chi connectivity index (χ0) is 38.6. The Bertz CT molecular complexity index is 2210. The number of hydrogen-bond acceptors (Lipinski definition) is 8. The standard InChI is InChI=1S/C42H46N8O6/c1-55-42(54)45-24-37(52)49-16-2-4-35(49)39-43-22-33(47-39)27-8-6-26(7-9-27)29-10-11-31-21-32(13-12-30(31)20-29)34-23-44-40(48-34)36-5-3-17-50(36)41(53)38(46-25-51)28-14-18-56-19-15-28/h6-13,20-23,25,28,35-36,38H,2-5,14-19,24H2,1H3,(H,43,47)(H,44,48)(H,45,54)(H,46,51)/t35-,36-,38-/m0/s1. The van der Waals surface area contributed by atoms with Crippen LogP contribution < -0.4 is 10.6 Å². The first-order chi connectivity index (χ1) is 27.4. The van der Waals surface area contributed by atoms with Crippen molar-refractivity contribution in [2.45, 2.75) is 56.7 Å². The summed E-state index contributed by atoms with van der Waals surface area (Å²) in [5, 5.41) is 7.49. The maximum absolute atomic E-state index is 13.8. The third kappa shape index (κ3) is 7.61. The highest BCUT2D eigenvalue weighted by Crippen LogP contribution is 2.36. The van der Waals surface area contributed by atoms with E-state index in [1.54, 1.807) is 11.1 Å². The number of aromatic amines is 2. The van der Waals surface area contributed by atoms with Crippen molar-refractivity contribution in [2.75, 3.05) is 40.0 Å². The normalized spacial score (nSPS) is 19.2. The lowest BCUT2D eigenvalue weighted by molar-refractivity contribution is -0.138. The average molecular weight is 759 g/mol. The van der Waals surface area contributed by atoms with Gasteiger partial charge < -0.3 is 39.9 Å². The fraction of sp³-hybridized carbons (Fsp3) is 0.381. The molecule has 5 heterocycles. The fourth-order valence-electron chi connectivity index (χ4n) is 8.44. The van der Waals surface area contributed by atoms with Crippen molar-refractivity contribution < 1.29 is 28.7 Å². The number of H-pyrrole nitrogens is 2. The number of rotatable bonds is 11. The molecule has 0 spiro atoms. The van der Waals surface area contributed by atoms with E-state index in [4.69, 9.17) is 9.72 Å². The third-order valence-electron chi connectivity index (χ3n) is 11.4. The lowest BCUT2D eigenvalue weighted by Crippen LogP contribution is -2.51. The highest BCUT2D eigenvalue weighted by Gasteiger charge is 2.39. The minimum atomic E-state index is -0.634. The first-order valence-corrected chi connectivity index (χ1v) is 19.3. The van der Waals surface area contributed by atoms with E-state index in [0.29, 0.717) is 32.7 Å². The summed E-state index contributed by atoms with van der Waals surface area (Å²) >= 11 is 0. The number of ether oxygens (including phenoxy) is 2. The summed E-state index contributed by atoms with van der Waals surface area (Å²) in [7, 11) is 1.27. The molecular formula is C42H46N8O6. The largest absolute Gasteiger partial charge is 0.453 e. The van der Waals surface area contributed by atoms with Crippen LogP contribution in [0.3, 0.4) is 0 Å². The molecule has 56 heavy (non-hydrogen) atoms. The number of benzene rings is 3. The SMILES string of the molecule is COC(=O)NCC(=O)N1CCC[C@H]1c1ncc(-c2ccc(-c3ccc4cc(-c5cnc([C@@H]6CCCN6C(=O)[C@@H](NC=O)C6CCOCC6)[nH]5)ccc4c3)cc2)[nH]1. The van der Waals surface area contributed by atoms with E-state index >= 15 is 0 Å². The van der Waals surface area contributed by atoms with Crippen LogP contribution in [-0.2, 0) is 23.9 Å². The molecule has 2 aromatic heterocycles. The molecule has 3 atom stereocenters. The molecular weight excluding hydrogens is 713 g/mol. The first kappa shape index (κ1) is 36.9. The molecule has 3 aromatic carbocycles. The quantitative estimate of drug-likeness (QED) is 0.128. The van der Waals surface area contributed by atoms with Crippen LogP contribution in [0.2, 0.25) is 0 Å². The molecule has 290 valence electrons. The third-order valence-corrected chi connectivity index (χ3v) is 11.4. The Kier molecular flexibility index (Phi) is 10.8. The van der Waals surface area contributed by atoms with Crippen molar-refractivity contribution >= 4 is 35.1 Å². The topological polar surface area (TPSA) is 175 Å². The second kappa shape index (κ2) is 16.4. The minimum Gasteiger partial charge on any atom is -0.453 e. The van der Waals surface area contributed by atoms with Crippen LogP contribution in [0.4, 0.5) is 4.79 Å². The van der Waals surface area contributed by atoms with Gasteiger partial charge in [0, 0.05) is 31.9 Å². The van der Waals surface area contributed by atoms with Gasteiger partial charge >= 0.3 is 6.09 Å². The summed E-state index contributed by atoms with van der Waals surface area (Å²) in [6.07, 6.45) is 8.48. The van der Waals surface area contributed by atoms with Crippen LogP contribution in [0.1, 0.15) is 62.3 Å². The van der Waals surface area contributed by atoms with Crippen molar-refractivity contribution in [3.05, 3.63) is 84.7 Å². The van der Waals surface area contributed by atoms with Crippen molar-refractivity contribution in [3.63, 3.8) is 0 Å². The number of nitrogens with zero attached hydrogens (tertiary/aromatic N) is 4. The molecule has 0 unspecified atom stereocenters. The van der Waals surface area contributed by atoms with E-state index < -0.39 is 12.1 Å². The Morgan fingerprint density at radius 1 is 0.804 bits per heavy atom. The van der Waals surface area contributed by atoms with E-state index in [0.717, 1.165) is 94.6 Å². The van der Waals surface area contributed by atoms with Gasteiger partial charge in [-0.05, 0) is 84.0 Å². The second-order valence-corrected chi connectivity index (χ2v) is 14.7. The monoisotopic (exact) mass is 758 g/mol. The minimum absolute atomic E-state index is 0.0508. The van der Waals surface area contributed by atoms with Gasteiger partial charge in [-0.15, -0.1) is 0 Å². The molecule has 4 N–H and O–H groups in total. The fourth-order valence-corrected chi connectivity index (χ4v) is 8.44. The Morgan fingerprint density at radius 2 is 1.38 bits per heavy atom. The number of carbonyl (C=O) groups excluding carboxylic acids is 4.